The number of furan rings is 1. The molecule has 0 unspecified atom stereocenters. The molecule has 2 heterocycles. The van der Waals surface area contributed by atoms with Gasteiger partial charge in [0, 0.05) is 16.8 Å². The number of ether oxygens (including phenoxy) is 1. The fourth-order valence-corrected chi connectivity index (χ4v) is 3.28. The molecule has 10 heteroatoms. The van der Waals surface area contributed by atoms with Crippen LogP contribution in [0.15, 0.2) is 47.0 Å². The molecule has 2 atom stereocenters. The number of carbonyl (C=O) groups excluding carboxylic acids is 1. The number of halogens is 1. The smallest absolute Gasteiger partial charge is 0.317 e. The van der Waals surface area contributed by atoms with E-state index in [9.17, 15) is 14.9 Å². The predicted octanol–water partition coefficient (Wildman–Crippen LogP) is 3.33. The minimum absolute atomic E-state index is 0.189. The van der Waals surface area contributed by atoms with Gasteiger partial charge in [0.15, 0.2) is 5.11 Å². The van der Waals surface area contributed by atoms with Gasteiger partial charge in [0.05, 0.1) is 17.6 Å². The first kappa shape index (κ1) is 18.9. The molecule has 1 aliphatic rings. The summed E-state index contributed by atoms with van der Waals surface area (Å²) in [5, 5.41) is 17.6. The second kappa shape index (κ2) is 7.37. The van der Waals surface area contributed by atoms with E-state index in [0.29, 0.717) is 11.5 Å². The Morgan fingerprint density at radius 2 is 2.15 bits per heavy atom. The molecule has 2 N–H and O–H groups in total. The van der Waals surface area contributed by atoms with Crippen LogP contribution in [0.25, 0.3) is 11.3 Å². The van der Waals surface area contributed by atoms with Crippen molar-refractivity contribution < 1.29 is 18.9 Å². The maximum atomic E-state index is 12.2. The van der Waals surface area contributed by atoms with Crippen LogP contribution in [-0.2, 0) is 9.53 Å². The third-order valence-corrected chi connectivity index (χ3v) is 4.53. The molecule has 8 nitrogen and oxygen atoms in total. The van der Waals surface area contributed by atoms with Crippen molar-refractivity contribution in [2.24, 2.45) is 5.92 Å². The fourth-order valence-electron chi connectivity index (χ4n) is 2.86. The molecule has 1 aliphatic heterocycles. The largest absolute Gasteiger partial charge is 0.468 e. The van der Waals surface area contributed by atoms with Crippen LogP contribution in [0.1, 0.15) is 11.8 Å². The number of hydrogen-bond donors (Lipinski definition) is 2. The molecular weight excluding hydrogens is 394 g/mol. The van der Waals surface area contributed by atoms with Crippen LogP contribution in [0, 0.1) is 16.0 Å². The molecule has 27 heavy (non-hydrogen) atoms. The molecule has 1 aromatic heterocycles. The highest BCUT2D eigenvalue weighted by molar-refractivity contribution is 7.80. The SMILES string of the molecule is C=C1NC(=S)N[C@@H](c2ccc(-c3ccc(Cl)cc3[N+](=O)[O-])o2)[C@@H]1C(=O)OC. The third-order valence-electron chi connectivity index (χ3n) is 4.08. The Balaban J connectivity index is 2.02. The second-order valence-electron chi connectivity index (χ2n) is 5.72. The number of nitrogens with zero attached hydrogens (tertiary/aromatic N) is 1. The van der Waals surface area contributed by atoms with Gasteiger partial charge < -0.3 is 19.8 Å². The first-order chi connectivity index (χ1) is 12.8. The summed E-state index contributed by atoms with van der Waals surface area (Å²) >= 11 is 11.0. The molecule has 1 aromatic carbocycles. The summed E-state index contributed by atoms with van der Waals surface area (Å²) in [4.78, 5) is 22.9. The van der Waals surface area contributed by atoms with Gasteiger partial charge in [0.1, 0.15) is 23.5 Å². The van der Waals surface area contributed by atoms with Crippen LogP contribution in [0.2, 0.25) is 5.02 Å². The van der Waals surface area contributed by atoms with E-state index in [4.69, 9.17) is 33.0 Å². The second-order valence-corrected chi connectivity index (χ2v) is 6.57. The number of thiocarbonyl (C=S) groups is 1. The molecule has 1 saturated heterocycles. The lowest BCUT2D eigenvalue weighted by atomic mass is 9.93. The molecule has 0 aliphatic carbocycles. The van der Waals surface area contributed by atoms with Crippen molar-refractivity contribution in [3.63, 3.8) is 0 Å². The predicted molar refractivity (Wildman–Crippen MR) is 102 cm³/mol. The van der Waals surface area contributed by atoms with E-state index in [2.05, 4.69) is 17.2 Å². The topological polar surface area (TPSA) is 107 Å². The van der Waals surface area contributed by atoms with Crippen molar-refractivity contribution in [1.82, 2.24) is 10.6 Å². The standard InChI is InChI=1S/C17H14ClN3O5S/c1-8-14(16(22)25-2)15(20-17(27)19-8)13-6-5-12(26-13)10-4-3-9(18)7-11(10)21(23)24/h3-7,14-15H,1H2,2H3,(H2,19,20,27)/t14-,15+/m1/s1. The van der Waals surface area contributed by atoms with Crippen molar-refractivity contribution in [1.29, 1.82) is 0 Å². The molecule has 0 radical (unpaired) electrons. The molecule has 2 aromatic rings. The summed E-state index contributed by atoms with van der Waals surface area (Å²) in [5.74, 6) is -0.702. The highest BCUT2D eigenvalue weighted by Crippen LogP contribution is 2.37. The third kappa shape index (κ3) is 3.64. The van der Waals surface area contributed by atoms with Gasteiger partial charge in [0.2, 0.25) is 0 Å². The zero-order valence-electron chi connectivity index (χ0n) is 14.0. The highest BCUT2D eigenvalue weighted by Gasteiger charge is 2.39. The van der Waals surface area contributed by atoms with E-state index < -0.39 is 22.9 Å². The number of benzene rings is 1. The molecule has 1 fully saturated rings. The van der Waals surface area contributed by atoms with Gasteiger partial charge in [-0.3, -0.25) is 14.9 Å². The zero-order chi connectivity index (χ0) is 19.7. The summed E-state index contributed by atoms with van der Waals surface area (Å²) in [6.45, 7) is 3.82. The molecular formula is C17H14ClN3O5S. The number of rotatable bonds is 4. The van der Waals surface area contributed by atoms with Gasteiger partial charge in [-0.05, 0) is 36.5 Å². The van der Waals surface area contributed by atoms with Gasteiger partial charge in [0.25, 0.3) is 5.69 Å². The van der Waals surface area contributed by atoms with Gasteiger partial charge in [-0.25, -0.2) is 0 Å². The lowest BCUT2D eigenvalue weighted by molar-refractivity contribution is -0.384. The minimum atomic E-state index is -0.791. The van der Waals surface area contributed by atoms with Crippen LogP contribution in [-0.4, -0.2) is 23.1 Å². The fraction of sp³-hybridized carbons (Fsp3) is 0.176. The zero-order valence-corrected chi connectivity index (χ0v) is 15.6. The molecule has 0 saturated carbocycles. The lowest BCUT2D eigenvalue weighted by Crippen LogP contribution is -2.50. The molecule has 140 valence electrons. The molecule has 0 bridgehead atoms. The number of esters is 1. The van der Waals surface area contributed by atoms with Crippen molar-refractivity contribution >= 4 is 40.6 Å². The minimum Gasteiger partial charge on any atom is -0.468 e. The monoisotopic (exact) mass is 407 g/mol. The van der Waals surface area contributed by atoms with Crippen LogP contribution in [0.3, 0.4) is 0 Å². The van der Waals surface area contributed by atoms with Crippen molar-refractivity contribution in [2.45, 2.75) is 6.04 Å². The first-order valence-electron chi connectivity index (χ1n) is 7.70. The normalized spacial score (nSPS) is 19.2. The Kier molecular flexibility index (Phi) is 5.15. The Labute approximate surface area is 164 Å². The average Bonchev–Trinajstić information content (AvgIpc) is 3.10. The number of carbonyl (C=O) groups is 1. The Hall–Kier alpha value is -2.91. The van der Waals surface area contributed by atoms with Crippen molar-refractivity contribution in [3.8, 4) is 11.3 Å². The average molecular weight is 408 g/mol. The Bertz CT molecular complexity index is 958. The van der Waals surface area contributed by atoms with Crippen molar-refractivity contribution in [2.75, 3.05) is 7.11 Å². The first-order valence-corrected chi connectivity index (χ1v) is 8.48. The Morgan fingerprint density at radius 1 is 1.41 bits per heavy atom. The summed E-state index contributed by atoms with van der Waals surface area (Å²) in [6, 6.07) is 6.80. The highest BCUT2D eigenvalue weighted by atomic mass is 35.5. The van der Waals surface area contributed by atoms with Crippen LogP contribution in [0.4, 0.5) is 5.69 Å². The van der Waals surface area contributed by atoms with Crippen LogP contribution >= 0.6 is 23.8 Å². The number of methoxy groups -OCH3 is 1. The molecule has 3 rings (SSSR count). The maximum Gasteiger partial charge on any atom is 0.317 e. The summed E-state index contributed by atoms with van der Waals surface area (Å²) in [7, 11) is 1.27. The summed E-state index contributed by atoms with van der Waals surface area (Å²) in [6.07, 6.45) is 0. The number of nitro groups is 1. The van der Waals surface area contributed by atoms with Crippen LogP contribution < -0.4 is 10.6 Å². The number of nitrogens with one attached hydrogen (secondary N) is 2. The Morgan fingerprint density at radius 3 is 2.81 bits per heavy atom. The van der Waals surface area contributed by atoms with Crippen molar-refractivity contribution in [3.05, 3.63) is 63.5 Å². The van der Waals surface area contributed by atoms with Gasteiger partial charge in [-0.2, -0.15) is 0 Å². The van der Waals surface area contributed by atoms with E-state index in [1.54, 1.807) is 12.1 Å². The quantitative estimate of drug-likeness (QED) is 0.344. The number of hydrogen-bond acceptors (Lipinski definition) is 6. The molecule has 0 amide bonds. The van der Waals surface area contributed by atoms with E-state index >= 15 is 0 Å². The maximum absolute atomic E-state index is 12.2. The van der Waals surface area contributed by atoms with E-state index in [1.807, 2.05) is 0 Å². The summed E-state index contributed by atoms with van der Waals surface area (Å²) < 4.78 is 10.6. The van der Waals surface area contributed by atoms with Gasteiger partial charge in [-0.1, -0.05) is 18.2 Å². The number of nitro benzene ring substituents is 1. The van der Waals surface area contributed by atoms with Crippen LogP contribution in [0.5, 0.6) is 0 Å². The van der Waals surface area contributed by atoms with E-state index in [0.717, 1.165) is 0 Å². The van der Waals surface area contributed by atoms with E-state index in [1.165, 1.54) is 25.3 Å². The van der Waals surface area contributed by atoms with Gasteiger partial charge >= 0.3 is 5.97 Å². The van der Waals surface area contributed by atoms with E-state index in [-0.39, 0.29) is 27.1 Å². The molecule has 0 spiro atoms. The lowest BCUT2D eigenvalue weighted by Gasteiger charge is -2.33. The van der Waals surface area contributed by atoms with Gasteiger partial charge in [-0.15, -0.1) is 0 Å². The summed E-state index contributed by atoms with van der Waals surface area (Å²) in [5.41, 5.74) is 0.442.